The van der Waals surface area contributed by atoms with Crippen LogP contribution in [-0.2, 0) is 10.9 Å². The predicted molar refractivity (Wildman–Crippen MR) is 118 cm³/mol. The molecule has 26 heavy (non-hydrogen) atoms. The van der Waals surface area contributed by atoms with Gasteiger partial charge in [-0.2, -0.15) is 0 Å². The van der Waals surface area contributed by atoms with Crippen molar-refractivity contribution in [3.63, 3.8) is 0 Å². The first-order valence-corrected chi connectivity index (χ1v) is 12.6. The van der Waals surface area contributed by atoms with Gasteiger partial charge in [0, 0.05) is 23.7 Å². The maximum atomic E-state index is 5.31. The Morgan fingerprint density at radius 3 is 1.73 bits per heavy atom. The molecule has 1 nitrogen and oxygen atoms in total. The summed E-state index contributed by atoms with van der Waals surface area (Å²) in [7, 11) is 2.24. The van der Waals surface area contributed by atoms with E-state index >= 15 is 0 Å². The smallest absolute Gasteiger partial charge is 0.155 e. The van der Waals surface area contributed by atoms with Gasteiger partial charge in [-0.1, -0.05) is 71.1 Å². The Bertz CT molecular complexity index is 452. The zero-order chi connectivity index (χ0) is 18.5. The van der Waals surface area contributed by atoms with Gasteiger partial charge in [0.2, 0.25) is 0 Å². The standard InChI is InChI=1S/C24H41OS/c1-3-4-5-6-7-8-9-10-11-12-13-14-21-26(24-19-20-24)23-17-15-22(25-2)16-18-23/h15-18,24H,3-14,19-21H2,1-2H3/q+1. The second-order valence-corrected chi connectivity index (χ2v) is 10.3. The molecule has 1 fully saturated rings. The van der Waals surface area contributed by atoms with Gasteiger partial charge in [-0.15, -0.1) is 0 Å². The Morgan fingerprint density at radius 2 is 1.27 bits per heavy atom. The van der Waals surface area contributed by atoms with E-state index < -0.39 is 0 Å². The molecule has 0 bridgehead atoms. The molecular weight excluding hydrogens is 336 g/mol. The van der Waals surface area contributed by atoms with Crippen LogP contribution in [-0.4, -0.2) is 18.1 Å². The van der Waals surface area contributed by atoms with E-state index in [1.807, 2.05) is 0 Å². The predicted octanol–water partition coefficient (Wildman–Crippen LogP) is 7.54. The zero-order valence-electron chi connectivity index (χ0n) is 17.3. The largest absolute Gasteiger partial charge is 0.497 e. The SMILES string of the molecule is CCCCCCCCCCCCCC[S+](c1ccc(OC)cc1)C1CC1. The highest BCUT2D eigenvalue weighted by atomic mass is 32.2. The summed E-state index contributed by atoms with van der Waals surface area (Å²) in [4.78, 5) is 1.57. The molecule has 148 valence electrons. The van der Waals surface area contributed by atoms with Crippen LogP contribution in [0.25, 0.3) is 0 Å². The van der Waals surface area contributed by atoms with Gasteiger partial charge in [-0.05, 0) is 37.1 Å². The summed E-state index contributed by atoms with van der Waals surface area (Å²) in [6.07, 6.45) is 20.2. The Balaban J connectivity index is 1.50. The molecule has 1 aliphatic carbocycles. The van der Waals surface area contributed by atoms with E-state index in [0.717, 1.165) is 11.0 Å². The summed E-state index contributed by atoms with van der Waals surface area (Å²) in [5.74, 6) is 2.40. The highest BCUT2D eigenvalue weighted by Gasteiger charge is 2.41. The molecule has 0 heterocycles. The average Bonchev–Trinajstić information content (AvgIpc) is 3.51. The molecule has 0 aromatic heterocycles. The van der Waals surface area contributed by atoms with Gasteiger partial charge in [0.1, 0.15) is 16.8 Å². The molecule has 0 radical (unpaired) electrons. The van der Waals surface area contributed by atoms with Gasteiger partial charge in [0.05, 0.1) is 7.11 Å². The molecule has 0 spiro atoms. The number of methoxy groups -OCH3 is 1. The maximum Gasteiger partial charge on any atom is 0.155 e. The summed E-state index contributed by atoms with van der Waals surface area (Å²) in [6.45, 7) is 2.30. The third-order valence-electron chi connectivity index (χ3n) is 5.51. The Labute approximate surface area is 165 Å². The molecule has 2 heteroatoms. The van der Waals surface area contributed by atoms with Gasteiger partial charge < -0.3 is 4.74 Å². The fourth-order valence-corrected chi connectivity index (χ4v) is 6.34. The highest BCUT2D eigenvalue weighted by molar-refractivity contribution is 7.97. The number of unbranched alkanes of at least 4 members (excludes halogenated alkanes) is 11. The first-order chi connectivity index (χ1) is 12.8. The van der Waals surface area contributed by atoms with Crippen molar-refractivity contribution in [2.75, 3.05) is 12.9 Å². The van der Waals surface area contributed by atoms with E-state index in [0.29, 0.717) is 10.9 Å². The van der Waals surface area contributed by atoms with Crippen LogP contribution in [0.5, 0.6) is 5.75 Å². The lowest BCUT2D eigenvalue weighted by molar-refractivity contribution is 0.414. The molecule has 1 saturated carbocycles. The molecule has 1 aromatic rings. The van der Waals surface area contributed by atoms with Gasteiger partial charge >= 0.3 is 0 Å². The highest BCUT2D eigenvalue weighted by Crippen LogP contribution is 2.36. The van der Waals surface area contributed by atoms with E-state index in [-0.39, 0.29) is 0 Å². The molecule has 1 atom stereocenters. The topological polar surface area (TPSA) is 9.23 Å². The van der Waals surface area contributed by atoms with Crippen molar-refractivity contribution < 1.29 is 4.74 Å². The summed E-state index contributed by atoms with van der Waals surface area (Å²) in [5.41, 5.74) is 0. The van der Waals surface area contributed by atoms with E-state index in [1.54, 1.807) is 12.0 Å². The van der Waals surface area contributed by atoms with Crippen LogP contribution < -0.4 is 4.74 Å². The minimum absolute atomic E-state index is 0.491. The van der Waals surface area contributed by atoms with Crippen molar-refractivity contribution in [1.82, 2.24) is 0 Å². The summed E-state index contributed by atoms with van der Waals surface area (Å²) < 4.78 is 5.31. The fourth-order valence-electron chi connectivity index (χ4n) is 3.68. The van der Waals surface area contributed by atoms with Gasteiger partial charge in [0.15, 0.2) is 4.90 Å². The van der Waals surface area contributed by atoms with Crippen LogP contribution in [0.2, 0.25) is 0 Å². The van der Waals surface area contributed by atoms with Crippen molar-refractivity contribution in [1.29, 1.82) is 0 Å². The Hall–Kier alpha value is -0.630. The lowest BCUT2D eigenvalue weighted by Crippen LogP contribution is -2.13. The van der Waals surface area contributed by atoms with E-state index in [4.69, 9.17) is 4.74 Å². The third kappa shape index (κ3) is 8.84. The Kier molecular flexibility index (Phi) is 11.3. The molecule has 1 aromatic carbocycles. The maximum absolute atomic E-state index is 5.31. The van der Waals surface area contributed by atoms with Crippen molar-refractivity contribution in [3.8, 4) is 5.75 Å². The van der Waals surface area contributed by atoms with Crippen molar-refractivity contribution >= 4 is 10.9 Å². The molecule has 0 aliphatic heterocycles. The van der Waals surface area contributed by atoms with Crippen LogP contribution in [0.3, 0.4) is 0 Å². The summed E-state index contributed by atoms with van der Waals surface area (Å²) in [5, 5.41) is 0.983. The normalized spacial score (nSPS) is 15.2. The number of rotatable bonds is 16. The molecule has 1 unspecified atom stereocenters. The lowest BCUT2D eigenvalue weighted by atomic mass is 10.1. The number of benzene rings is 1. The van der Waals surface area contributed by atoms with E-state index in [9.17, 15) is 0 Å². The molecule has 2 rings (SSSR count). The molecular formula is C24H41OS+. The van der Waals surface area contributed by atoms with Gasteiger partial charge in [-0.3, -0.25) is 0 Å². The number of hydrogen-bond donors (Lipinski definition) is 0. The third-order valence-corrected chi connectivity index (χ3v) is 8.39. The zero-order valence-corrected chi connectivity index (χ0v) is 18.1. The van der Waals surface area contributed by atoms with Crippen LogP contribution in [0, 0.1) is 0 Å². The van der Waals surface area contributed by atoms with Crippen molar-refractivity contribution in [3.05, 3.63) is 24.3 Å². The Morgan fingerprint density at radius 1 is 0.769 bits per heavy atom. The minimum Gasteiger partial charge on any atom is -0.497 e. The molecule has 0 saturated heterocycles. The first-order valence-electron chi connectivity index (χ1n) is 11.2. The van der Waals surface area contributed by atoms with Crippen LogP contribution in [0.1, 0.15) is 96.8 Å². The van der Waals surface area contributed by atoms with E-state index in [2.05, 4.69) is 31.2 Å². The summed E-state index contributed by atoms with van der Waals surface area (Å²) >= 11 is 0. The second kappa shape index (κ2) is 13.5. The quantitative estimate of drug-likeness (QED) is 0.213. The molecule has 0 N–H and O–H groups in total. The lowest BCUT2D eigenvalue weighted by Gasteiger charge is -2.08. The number of ether oxygens (including phenoxy) is 1. The van der Waals surface area contributed by atoms with E-state index in [1.165, 1.54) is 95.6 Å². The van der Waals surface area contributed by atoms with Crippen LogP contribution >= 0.6 is 0 Å². The van der Waals surface area contributed by atoms with Crippen LogP contribution in [0.4, 0.5) is 0 Å². The van der Waals surface area contributed by atoms with Crippen LogP contribution in [0.15, 0.2) is 29.2 Å². The van der Waals surface area contributed by atoms with Gasteiger partial charge in [-0.25, -0.2) is 0 Å². The second-order valence-electron chi connectivity index (χ2n) is 7.90. The summed E-state index contributed by atoms with van der Waals surface area (Å²) in [6, 6.07) is 8.89. The molecule has 1 aliphatic rings. The number of hydrogen-bond acceptors (Lipinski definition) is 1. The average molecular weight is 378 g/mol. The molecule has 0 amide bonds. The minimum atomic E-state index is 0.491. The fraction of sp³-hybridized carbons (Fsp3) is 0.750. The van der Waals surface area contributed by atoms with Gasteiger partial charge in [0.25, 0.3) is 0 Å². The van der Waals surface area contributed by atoms with Crippen molar-refractivity contribution in [2.45, 2.75) is 107 Å². The monoisotopic (exact) mass is 377 g/mol. The van der Waals surface area contributed by atoms with Crippen molar-refractivity contribution in [2.24, 2.45) is 0 Å². The first kappa shape index (κ1) is 21.7.